The second-order valence-electron chi connectivity index (χ2n) is 4.91. The quantitative estimate of drug-likeness (QED) is 0.762. The van der Waals surface area contributed by atoms with Crippen LogP contribution in [-0.4, -0.2) is 21.2 Å². The Morgan fingerprint density at radius 1 is 1.38 bits per heavy atom. The standard InChI is InChI=1S/C11H18ClN3O/c1-10(2,11(3,4)16)15-9-8(12)5-7(13)6-14-9/h5-6,16H,13H2,1-4H3,(H,14,15). The molecule has 0 saturated carbocycles. The summed E-state index contributed by atoms with van der Waals surface area (Å²) in [7, 11) is 0. The summed E-state index contributed by atoms with van der Waals surface area (Å²) in [5.74, 6) is 0.517. The zero-order chi connectivity index (χ0) is 12.6. The number of pyridine rings is 1. The molecular formula is C11H18ClN3O. The Morgan fingerprint density at radius 3 is 2.38 bits per heavy atom. The van der Waals surface area contributed by atoms with Gasteiger partial charge in [-0.1, -0.05) is 11.6 Å². The minimum Gasteiger partial charge on any atom is -0.397 e. The molecule has 90 valence electrons. The fourth-order valence-electron chi connectivity index (χ4n) is 0.994. The Balaban J connectivity index is 2.97. The molecule has 0 aliphatic rings. The molecule has 0 radical (unpaired) electrons. The summed E-state index contributed by atoms with van der Waals surface area (Å²) < 4.78 is 0. The first-order valence-corrected chi connectivity index (χ1v) is 5.43. The molecule has 0 spiro atoms. The number of rotatable bonds is 3. The lowest BCUT2D eigenvalue weighted by atomic mass is 9.86. The van der Waals surface area contributed by atoms with Crippen molar-refractivity contribution >= 4 is 23.1 Å². The molecule has 0 aromatic carbocycles. The molecule has 4 nitrogen and oxygen atoms in total. The maximum Gasteiger partial charge on any atom is 0.145 e. The van der Waals surface area contributed by atoms with Gasteiger partial charge in [-0.05, 0) is 33.8 Å². The second-order valence-corrected chi connectivity index (χ2v) is 5.32. The fourth-order valence-corrected chi connectivity index (χ4v) is 1.22. The summed E-state index contributed by atoms with van der Waals surface area (Å²) in [6.07, 6.45) is 1.52. The molecule has 0 unspecified atom stereocenters. The van der Waals surface area contributed by atoms with E-state index in [-0.39, 0.29) is 0 Å². The van der Waals surface area contributed by atoms with Crippen LogP contribution >= 0.6 is 11.6 Å². The van der Waals surface area contributed by atoms with Crippen LogP contribution in [0.5, 0.6) is 0 Å². The van der Waals surface area contributed by atoms with Crippen LogP contribution in [0.4, 0.5) is 11.5 Å². The van der Waals surface area contributed by atoms with Gasteiger partial charge in [-0.3, -0.25) is 0 Å². The van der Waals surface area contributed by atoms with Crippen LogP contribution in [0.2, 0.25) is 5.02 Å². The maximum atomic E-state index is 9.99. The summed E-state index contributed by atoms with van der Waals surface area (Å²) in [5.41, 5.74) is 4.60. The minimum atomic E-state index is -0.903. The van der Waals surface area contributed by atoms with Crippen molar-refractivity contribution in [1.82, 2.24) is 4.98 Å². The van der Waals surface area contributed by atoms with Gasteiger partial charge in [0.05, 0.1) is 28.0 Å². The highest BCUT2D eigenvalue weighted by Crippen LogP contribution is 2.29. The van der Waals surface area contributed by atoms with E-state index >= 15 is 0 Å². The van der Waals surface area contributed by atoms with Crippen molar-refractivity contribution in [3.63, 3.8) is 0 Å². The van der Waals surface area contributed by atoms with Gasteiger partial charge in [0.2, 0.25) is 0 Å². The Bertz CT molecular complexity index is 385. The molecular weight excluding hydrogens is 226 g/mol. The van der Waals surface area contributed by atoms with E-state index in [0.29, 0.717) is 16.5 Å². The first kappa shape index (κ1) is 13.1. The molecule has 4 N–H and O–H groups in total. The average Bonchev–Trinajstić information content (AvgIpc) is 2.08. The normalized spacial score (nSPS) is 12.6. The fraction of sp³-hybridized carbons (Fsp3) is 0.545. The maximum absolute atomic E-state index is 9.99. The van der Waals surface area contributed by atoms with E-state index in [2.05, 4.69) is 10.3 Å². The van der Waals surface area contributed by atoms with Crippen LogP contribution < -0.4 is 11.1 Å². The van der Waals surface area contributed by atoms with Gasteiger partial charge in [0.25, 0.3) is 0 Å². The van der Waals surface area contributed by atoms with Gasteiger partial charge >= 0.3 is 0 Å². The van der Waals surface area contributed by atoms with Gasteiger partial charge in [-0.25, -0.2) is 4.98 Å². The smallest absolute Gasteiger partial charge is 0.145 e. The van der Waals surface area contributed by atoms with Crippen molar-refractivity contribution in [2.45, 2.75) is 38.8 Å². The third-order valence-electron chi connectivity index (χ3n) is 2.82. The van der Waals surface area contributed by atoms with Gasteiger partial charge in [0, 0.05) is 0 Å². The van der Waals surface area contributed by atoms with E-state index in [1.165, 1.54) is 6.20 Å². The average molecular weight is 244 g/mol. The SMILES string of the molecule is CC(C)(O)C(C)(C)Nc1ncc(N)cc1Cl. The minimum absolute atomic E-state index is 0.442. The van der Waals surface area contributed by atoms with Crippen molar-refractivity contribution in [2.24, 2.45) is 0 Å². The lowest BCUT2D eigenvalue weighted by Gasteiger charge is -2.38. The van der Waals surface area contributed by atoms with E-state index in [0.717, 1.165) is 0 Å². The van der Waals surface area contributed by atoms with Gasteiger partial charge in [-0.15, -0.1) is 0 Å². The second kappa shape index (κ2) is 4.11. The molecule has 0 saturated heterocycles. The largest absolute Gasteiger partial charge is 0.397 e. The predicted molar refractivity (Wildman–Crippen MR) is 67.7 cm³/mol. The molecule has 1 aromatic rings. The number of nitrogens with two attached hydrogens (primary N) is 1. The number of aliphatic hydroxyl groups is 1. The van der Waals surface area contributed by atoms with E-state index in [1.807, 2.05) is 13.8 Å². The first-order valence-electron chi connectivity index (χ1n) is 5.05. The number of halogens is 1. The monoisotopic (exact) mass is 243 g/mol. The van der Waals surface area contributed by atoms with Crippen LogP contribution in [0.1, 0.15) is 27.7 Å². The number of anilines is 2. The first-order chi connectivity index (χ1) is 7.13. The lowest BCUT2D eigenvalue weighted by molar-refractivity contribution is 0.0239. The van der Waals surface area contributed by atoms with E-state index in [4.69, 9.17) is 17.3 Å². The van der Waals surface area contributed by atoms with Gasteiger partial charge in [0.15, 0.2) is 0 Å². The molecule has 0 fully saturated rings. The van der Waals surface area contributed by atoms with Crippen LogP contribution in [0.15, 0.2) is 12.3 Å². The Labute approximate surface area is 101 Å². The molecule has 0 aliphatic heterocycles. The zero-order valence-electron chi connectivity index (χ0n) is 10.0. The molecule has 1 heterocycles. The summed E-state index contributed by atoms with van der Waals surface area (Å²) in [6.45, 7) is 7.21. The summed E-state index contributed by atoms with van der Waals surface area (Å²) in [4.78, 5) is 4.10. The van der Waals surface area contributed by atoms with Gasteiger partial charge in [0.1, 0.15) is 5.82 Å². The summed E-state index contributed by atoms with van der Waals surface area (Å²) in [6, 6.07) is 1.62. The van der Waals surface area contributed by atoms with E-state index < -0.39 is 11.1 Å². The van der Waals surface area contributed by atoms with Crippen molar-refractivity contribution in [1.29, 1.82) is 0 Å². The topological polar surface area (TPSA) is 71.2 Å². The number of aromatic nitrogens is 1. The third-order valence-corrected chi connectivity index (χ3v) is 3.11. The molecule has 0 aliphatic carbocycles. The Hall–Kier alpha value is -1.00. The highest BCUT2D eigenvalue weighted by molar-refractivity contribution is 6.33. The van der Waals surface area contributed by atoms with Crippen LogP contribution in [0, 0.1) is 0 Å². The molecule has 1 aromatic heterocycles. The van der Waals surface area contributed by atoms with Crippen LogP contribution in [0.25, 0.3) is 0 Å². The zero-order valence-corrected chi connectivity index (χ0v) is 10.8. The highest BCUT2D eigenvalue weighted by atomic mass is 35.5. The number of nitrogen functional groups attached to an aromatic ring is 1. The Morgan fingerprint density at radius 2 is 1.94 bits per heavy atom. The molecule has 1 rings (SSSR count). The molecule has 16 heavy (non-hydrogen) atoms. The molecule has 0 atom stereocenters. The predicted octanol–water partition coefficient (Wildman–Crippen LogP) is 2.28. The van der Waals surface area contributed by atoms with Crippen molar-refractivity contribution in [3.05, 3.63) is 17.3 Å². The number of nitrogens with one attached hydrogen (secondary N) is 1. The number of hydrogen-bond donors (Lipinski definition) is 3. The third kappa shape index (κ3) is 2.77. The van der Waals surface area contributed by atoms with Crippen molar-refractivity contribution < 1.29 is 5.11 Å². The summed E-state index contributed by atoms with van der Waals surface area (Å²) >= 11 is 6.00. The van der Waals surface area contributed by atoms with E-state index in [9.17, 15) is 5.11 Å². The summed E-state index contributed by atoms with van der Waals surface area (Å²) in [5, 5.41) is 13.5. The van der Waals surface area contributed by atoms with Crippen molar-refractivity contribution in [3.8, 4) is 0 Å². The van der Waals surface area contributed by atoms with Gasteiger partial charge in [-0.2, -0.15) is 0 Å². The number of hydrogen-bond acceptors (Lipinski definition) is 4. The van der Waals surface area contributed by atoms with Crippen LogP contribution in [0.3, 0.4) is 0 Å². The highest BCUT2D eigenvalue weighted by Gasteiger charge is 2.35. The molecule has 5 heteroatoms. The lowest BCUT2D eigenvalue weighted by Crippen LogP contribution is -2.51. The van der Waals surface area contributed by atoms with E-state index in [1.54, 1.807) is 19.9 Å². The van der Waals surface area contributed by atoms with Gasteiger partial charge < -0.3 is 16.2 Å². The molecule has 0 amide bonds. The van der Waals surface area contributed by atoms with Crippen molar-refractivity contribution in [2.75, 3.05) is 11.1 Å². The molecule has 0 bridgehead atoms. The number of nitrogens with zero attached hydrogens (tertiary/aromatic N) is 1. The van der Waals surface area contributed by atoms with Crippen LogP contribution in [-0.2, 0) is 0 Å². The Kier molecular flexibility index (Phi) is 3.35.